The fourth-order valence-corrected chi connectivity index (χ4v) is 3.30. The van der Waals surface area contributed by atoms with E-state index in [1.807, 2.05) is 13.8 Å². The minimum atomic E-state index is -0.477. The van der Waals surface area contributed by atoms with Crippen molar-refractivity contribution in [1.29, 1.82) is 0 Å². The van der Waals surface area contributed by atoms with Crippen LogP contribution >= 0.6 is 11.8 Å². The summed E-state index contributed by atoms with van der Waals surface area (Å²) in [5.74, 6) is 1.67. The number of benzene rings is 1. The van der Waals surface area contributed by atoms with E-state index in [0.717, 1.165) is 16.8 Å². The van der Waals surface area contributed by atoms with Crippen LogP contribution in [0.4, 0.5) is 5.69 Å². The van der Waals surface area contributed by atoms with Crippen molar-refractivity contribution >= 4 is 23.4 Å². The standard InChI is InChI=1S/C17H21N3O5S/c1-11-14(12(2)25-18-11)8-19(3)17(21)10-26-9-13-5-6-16(24-4)15(7-13)20(22)23/h5-7H,8-10H2,1-4H3. The fourth-order valence-electron chi connectivity index (χ4n) is 2.39. The highest BCUT2D eigenvalue weighted by Crippen LogP contribution is 2.29. The SMILES string of the molecule is COc1ccc(CSCC(=O)N(C)Cc2c(C)noc2C)cc1[N+](=O)[O-]. The third-order valence-electron chi connectivity index (χ3n) is 3.94. The topological polar surface area (TPSA) is 98.7 Å². The minimum Gasteiger partial charge on any atom is -0.490 e. The van der Waals surface area contributed by atoms with Gasteiger partial charge in [-0.25, -0.2) is 0 Å². The minimum absolute atomic E-state index is 0.0296. The molecule has 0 aliphatic carbocycles. The third-order valence-corrected chi connectivity index (χ3v) is 4.93. The molecule has 1 aromatic heterocycles. The Morgan fingerprint density at radius 1 is 1.42 bits per heavy atom. The number of aromatic nitrogens is 1. The van der Waals surface area contributed by atoms with Crippen molar-refractivity contribution in [2.45, 2.75) is 26.1 Å². The Hall–Kier alpha value is -2.55. The Labute approximate surface area is 155 Å². The van der Waals surface area contributed by atoms with Gasteiger partial charge in [0.1, 0.15) is 5.76 Å². The van der Waals surface area contributed by atoms with Crippen LogP contribution in [0, 0.1) is 24.0 Å². The predicted molar refractivity (Wildman–Crippen MR) is 98.3 cm³/mol. The molecule has 0 saturated carbocycles. The van der Waals surface area contributed by atoms with Gasteiger partial charge >= 0.3 is 5.69 Å². The number of hydrogen-bond acceptors (Lipinski definition) is 7. The van der Waals surface area contributed by atoms with Gasteiger partial charge in [0.15, 0.2) is 5.75 Å². The van der Waals surface area contributed by atoms with Crippen molar-refractivity contribution in [3.63, 3.8) is 0 Å². The summed E-state index contributed by atoms with van der Waals surface area (Å²) in [6.45, 7) is 4.10. The zero-order valence-corrected chi connectivity index (χ0v) is 16.0. The second-order valence-corrected chi connectivity index (χ2v) is 6.79. The molecule has 0 N–H and O–H groups in total. The normalized spacial score (nSPS) is 10.6. The molecule has 0 spiro atoms. The molecule has 0 aliphatic heterocycles. The van der Waals surface area contributed by atoms with E-state index in [0.29, 0.717) is 18.1 Å². The quantitative estimate of drug-likeness (QED) is 0.513. The largest absolute Gasteiger partial charge is 0.490 e. The van der Waals surface area contributed by atoms with E-state index < -0.39 is 4.92 Å². The lowest BCUT2D eigenvalue weighted by molar-refractivity contribution is -0.385. The lowest BCUT2D eigenvalue weighted by atomic mass is 10.2. The van der Waals surface area contributed by atoms with Gasteiger partial charge in [-0.3, -0.25) is 14.9 Å². The van der Waals surface area contributed by atoms with Gasteiger partial charge in [0.2, 0.25) is 5.91 Å². The van der Waals surface area contributed by atoms with Gasteiger partial charge in [-0.15, -0.1) is 11.8 Å². The number of thioether (sulfide) groups is 1. The number of carbonyl (C=O) groups excluding carboxylic acids is 1. The van der Waals surface area contributed by atoms with E-state index in [1.165, 1.54) is 24.9 Å². The average Bonchev–Trinajstić information content (AvgIpc) is 2.93. The number of hydrogen-bond donors (Lipinski definition) is 0. The van der Waals surface area contributed by atoms with Gasteiger partial charge in [0, 0.05) is 24.4 Å². The summed E-state index contributed by atoms with van der Waals surface area (Å²) < 4.78 is 10.1. The maximum atomic E-state index is 12.3. The molecule has 0 saturated heterocycles. The Balaban J connectivity index is 1.90. The van der Waals surface area contributed by atoms with Crippen LogP contribution in [0.1, 0.15) is 22.6 Å². The first-order valence-electron chi connectivity index (χ1n) is 7.88. The molecular formula is C17H21N3O5S. The van der Waals surface area contributed by atoms with Crippen LogP contribution in [-0.2, 0) is 17.1 Å². The number of methoxy groups -OCH3 is 1. The summed E-state index contributed by atoms with van der Waals surface area (Å²) in [5, 5.41) is 14.9. The lowest BCUT2D eigenvalue weighted by Crippen LogP contribution is -2.28. The van der Waals surface area contributed by atoms with Crippen LogP contribution in [0.3, 0.4) is 0 Å². The summed E-state index contributed by atoms with van der Waals surface area (Å²) >= 11 is 1.40. The second-order valence-electron chi connectivity index (χ2n) is 5.81. The van der Waals surface area contributed by atoms with Crippen LogP contribution in [0.15, 0.2) is 22.7 Å². The highest BCUT2D eigenvalue weighted by atomic mass is 32.2. The van der Waals surface area contributed by atoms with E-state index in [2.05, 4.69) is 5.16 Å². The van der Waals surface area contributed by atoms with Crippen molar-refractivity contribution in [3.8, 4) is 5.75 Å². The number of nitro benzene ring substituents is 1. The third kappa shape index (κ3) is 4.75. The van der Waals surface area contributed by atoms with Gasteiger partial charge in [0.05, 0.1) is 30.0 Å². The second kappa shape index (κ2) is 8.70. The Kier molecular flexibility index (Phi) is 6.62. The van der Waals surface area contributed by atoms with Crippen molar-refractivity contribution in [2.75, 3.05) is 19.9 Å². The Bertz CT molecular complexity index is 786. The number of nitro groups is 1. The van der Waals surface area contributed by atoms with Gasteiger partial charge in [0.25, 0.3) is 0 Å². The molecule has 140 valence electrons. The van der Waals surface area contributed by atoms with Crippen molar-refractivity contribution in [3.05, 3.63) is 50.9 Å². The monoisotopic (exact) mass is 379 g/mol. The van der Waals surface area contributed by atoms with Crippen molar-refractivity contribution < 1.29 is 19.0 Å². The Morgan fingerprint density at radius 2 is 2.15 bits per heavy atom. The fraction of sp³-hybridized carbons (Fsp3) is 0.412. The summed E-state index contributed by atoms with van der Waals surface area (Å²) in [7, 11) is 3.12. The number of aryl methyl sites for hydroxylation is 2. The maximum absolute atomic E-state index is 12.3. The van der Waals surface area contributed by atoms with E-state index in [9.17, 15) is 14.9 Å². The molecule has 0 aliphatic rings. The predicted octanol–water partition coefficient (Wildman–Crippen LogP) is 3.10. The first-order chi connectivity index (χ1) is 12.3. The molecule has 9 heteroatoms. The molecule has 1 amide bonds. The smallest absolute Gasteiger partial charge is 0.311 e. The zero-order valence-electron chi connectivity index (χ0n) is 15.1. The van der Waals surface area contributed by atoms with Crippen LogP contribution in [0.25, 0.3) is 0 Å². The van der Waals surface area contributed by atoms with Crippen LogP contribution in [0.5, 0.6) is 5.75 Å². The molecule has 1 heterocycles. The molecule has 0 fully saturated rings. The molecule has 1 aromatic carbocycles. The van der Waals surface area contributed by atoms with Gasteiger partial charge in [-0.05, 0) is 25.5 Å². The molecule has 0 unspecified atom stereocenters. The molecule has 0 radical (unpaired) electrons. The van der Waals surface area contributed by atoms with Gasteiger partial charge < -0.3 is 14.2 Å². The van der Waals surface area contributed by atoms with E-state index in [1.54, 1.807) is 24.1 Å². The first kappa shape index (κ1) is 19.8. The van der Waals surface area contributed by atoms with E-state index in [-0.39, 0.29) is 23.1 Å². The molecule has 2 rings (SSSR count). The molecule has 26 heavy (non-hydrogen) atoms. The summed E-state index contributed by atoms with van der Waals surface area (Å²) in [4.78, 5) is 24.5. The van der Waals surface area contributed by atoms with Crippen LogP contribution in [0.2, 0.25) is 0 Å². The number of ether oxygens (including phenoxy) is 1. The highest BCUT2D eigenvalue weighted by Gasteiger charge is 2.17. The number of rotatable bonds is 8. The highest BCUT2D eigenvalue weighted by molar-refractivity contribution is 7.99. The number of amides is 1. The van der Waals surface area contributed by atoms with Crippen molar-refractivity contribution in [1.82, 2.24) is 10.1 Å². The van der Waals surface area contributed by atoms with Crippen LogP contribution < -0.4 is 4.74 Å². The van der Waals surface area contributed by atoms with E-state index in [4.69, 9.17) is 9.26 Å². The number of nitrogens with zero attached hydrogens (tertiary/aromatic N) is 3. The summed E-state index contributed by atoms with van der Waals surface area (Å²) in [6, 6.07) is 4.81. The molecule has 0 atom stereocenters. The lowest BCUT2D eigenvalue weighted by Gasteiger charge is -2.16. The maximum Gasteiger partial charge on any atom is 0.311 e. The molecule has 0 bridgehead atoms. The van der Waals surface area contributed by atoms with Crippen molar-refractivity contribution in [2.24, 2.45) is 0 Å². The molecule has 2 aromatic rings. The summed E-state index contributed by atoms with van der Waals surface area (Å²) in [6.07, 6.45) is 0. The Morgan fingerprint density at radius 3 is 2.73 bits per heavy atom. The van der Waals surface area contributed by atoms with Crippen LogP contribution in [-0.4, -0.2) is 40.8 Å². The average molecular weight is 379 g/mol. The zero-order chi connectivity index (χ0) is 19.3. The van der Waals surface area contributed by atoms with Gasteiger partial charge in [-0.2, -0.15) is 0 Å². The first-order valence-corrected chi connectivity index (χ1v) is 9.03. The van der Waals surface area contributed by atoms with Gasteiger partial charge in [-0.1, -0.05) is 11.2 Å². The number of carbonyl (C=O) groups is 1. The summed E-state index contributed by atoms with van der Waals surface area (Å²) in [5.41, 5.74) is 2.38. The molecular weight excluding hydrogens is 358 g/mol. The van der Waals surface area contributed by atoms with E-state index >= 15 is 0 Å². The molecule has 8 nitrogen and oxygen atoms in total.